The second-order valence-electron chi connectivity index (χ2n) is 6.30. The molecule has 3 heterocycles. The van der Waals surface area contributed by atoms with E-state index in [1.165, 1.54) is 30.4 Å². The molecule has 0 aliphatic carbocycles. The summed E-state index contributed by atoms with van der Waals surface area (Å²) in [5.74, 6) is 0.784. The van der Waals surface area contributed by atoms with Crippen LogP contribution in [0.2, 0.25) is 0 Å². The summed E-state index contributed by atoms with van der Waals surface area (Å²) in [5.41, 5.74) is 2.59. The van der Waals surface area contributed by atoms with Gasteiger partial charge in [-0.2, -0.15) is 0 Å². The van der Waals surface area contributed by atoms with E-state index in [0.29, 0.717) is 12.0 Å². The molecule has 0 spiro atoms. The summed E-state index contributed by atoms with van der Waals surface area (Å²) in [6.07, 6.45) is 3.59. The molecule has 0 N–H and O–H groups in total. The summed E-state index contributed by atoms with van der Waals surface area (Å²) >= 11 is 0. The molecule has 3 heteroatoms. The van der Waals surface area contributed by atoms with Gasteiger partial charge in [-0.15, -0.1) is 0 Å². The van der Waals surface area contributed by atoms with E-state index in [1.807, 2.05) is 0 Å². The molecule has 114 valence electrons. The fourth-order valence-corrected chi connectivity index (χ4v) is 4.17. The molecule has 4 rings (SSSR count). The third kappa shape index (κ3) is 2.59. The van der Waals surface area contributed by atoms with Crippen LogP contribution in [0.4, 0.5) is 5.69 Å². The van der Waals surface area contributed by atoms with Gasteiger partial charge >= 0.3 is 0 Å². The predicted molar refractivity (Wildman–Crippen MR) is 86.6 cm³/mol. The highest BCUT2D eigenvalue weighted by Crippen LogP contribution is 2.44. The van der Waals surface area contributed by atoms with Crippen LogP contribution in [0.25, 0.3) is 0 Å². The van der Waals surface area contributed by atoms with Gasteiger partial charge in [0, 0.05) is 30.7 Å². The van der Waals surface area contributed by atoms with E-state index in [0.717, 1.165) is 26.2 Å². The number of rotatable bonds is 5. The molecule has 0 amide bonds. The topological polar surface area (TPSA) is 23.6 Å². The highest BCUT2D eigenvalue weighted by Gasteiger charge is 2.42. The van der Waals surface area contributed by atoms with Crippen LogP contribution in [0.1, 0.15) is 38.3 Å². The normalized spacial score (nSPS) is 31.1. The zero-order valence-electron chi connectivity index (χ0n) is 13.2. The van der Waals surface area contributed by atoms with Gasteiger partial charge in [-0.3, -0.25) is 4.90 Å². The van der Waals surface area contributed by atoms with Gasteiger partial charge in [0.25, 0.3) is 0 Å². The van der Waals surface area contributed by atoms with Crippen LogP contribution in [0.15, 0.2) is 24.3 Å². The molecule has 2 atom stereocenters. The molecule has 2 unspecified atom stereocenters. The molecule has 1 aromatic rings. The number of piperidine rings is 3. The van der Waals surface area contributed by atoms with Gasteiger partial charge in [-0.25, -0.2) is 0 Å². The summed E-state index contributed by atoms with van der Waals surface area (Å²) in [5, 5.41) is 0. The molecule has 0 aromatic heterocycles. The molecule has 2 bridgehead atoms. The first kappa shape index (κ1) is 14.6. The largest absolute Gasteiger partial charge is 0.372 e. The van der Waals surface area contributed by atoms with Crippen LogP contribution >= 0.6 is 0 Å². The lowest BCUT2D eigenvalue weighted by molar-refractivity contribution is -0.121. The zero-order chi connectivity index (χ0) is 14.8. The van der Waals surface area contributed by atoms with Crippen molar-refractivity contribution in [3.8, 4) is 0 Å². The Hall–Kier alpha value is -1.35. The monoisotopic (exact) mass is 286 g/mol. The van der Waals surface area contributed by atoms with Crippen LogP contribution in [0, 0.1) is 11.8 Å². The van der Waals surface area contributed by atoms with Crippen molar-refractivity contribution in [2.75, 3.05) is 31.1 Å². The molecule has 3 aliphatic rings. The van der Waals surface area contributed by atoms with Gasteiger partial charge in [0.05, 0.1) is 0 Å². The molecule has 0 radical (unpaired) electrons. The van der Waals surface area contributed by atoms with Gasteiger partial charge in [-0.1, -0.05) is 12.1 Å². The van der Waals surface area contributed by atoms with Gasteiger partial charge in [0.15, 0.2) is 0 Å². The number of fused-ring (bicyclic) bond motifs is 3. The first-order chi connectivity index (χ1) is 10.3. The number of aldehydes is 1. The van der Waals surface area contributed by atoms with Crippen molar-refractivity contribution in [2.45, 2.75) is 32.7 Å². The summed E-state index contributed by atoms with van der Waals surface area (Å²) < 4.78 is 0. The van der Waals surface area contributed by atoms with E-state index in [-0.39, 0.29) is 5.92 Å². The van der Waals surface area contributed by atoms with E-state index in [4.69, 9.17) is 0 Å². The van der Waals surface area contributed by atoms with Crippen LogP contribution in [-0.4, -0.2) is 37.4 Å². The summed E-state index contributed by atoms with van der Waals surface area (Å²) in [6.45, 7) is 8.74. The lowest BCUT2D eigenvalue weighted by atomic mass is 9.72. The molecule has 3 saturated heterocycles. The molecule has 1 aromatic carbocycles. The molecular formula is C18H26N2O. The maximum atomic E-state index is 11.6. The van der Waals surface area contributed by atoms with Crippen molar-refractivity contribution in [2.24, 2.45) is 11.8 Å². The quantitative estimate of drug-likeness (QED) is 0.777. The minimum absolute atomic E-state index is 0.187. The predicted octanol–water partition coefficient (Wildman–Crippen LogP) is 3.11. The fraction of sp³-hybridized carbons (Fsp3) is 0.611. The van der Waals surface area contributed by atoms with Crippen molar-refractivity contribution in [3.63, 3.8) is 0 Å². The Labute approximate surface area is 127 Å². The highest BCUT2D eigenvalue weighted by atomic mass is 16.1. The zero-order valence-corrected chi connectivity index (χ0v) is 13.2. The van der Waals surface area contributed by atoms with Gasteiger partial charge in [0.1, 0.15) is 6.29 Å². The molecular weight excluding hydrogens is 260 g/mol. The van der Waals surface area contributed by atoms with Crippen molar-refractivity contribution >= 4 is 12.0 Å². The van der Waals surface area contributed by atoms with E-state index < -0.39 is 0 Å². The molecule has 3 nitrogen and oxygen atoms in total. The number of carbonyl (C=O) groups is 1. The maximum Gasteiger partial charge on any atom is 0.125 e. The Morgan fingerprint density at radius 2 is 1.76 bits per heavy atom. The Balaban J connectivity index is 1.84. The Morgan fingerprint density at radius 3 is 2.29 bits per heavy atom. The van der Waals surface area contributed by atoms with Gasteiger partial charge in [0.2, 0.25) is 0 Å². The second kappa shape index (κ2) is 6.18. The average molecular weight is 286 g/mol. The number of hydrogen-bond donors (Lipinski definition) is 0. The number of anilines is 1. The summed E-state index contributed by atoms with van der Waals surface area (Å²) in [4.78, 5) is 16.4. The van der Waals surface area contributed by atoms with Gasteiger partial charge < -0.3 is 9.69 Å². The lowest BCUT2D eigenvalue weighted by Gasteiger charge is -2.49. The molecule has 0 saturated carbocycles. The number of carbonyl (C=O) groups excluding carboxylic acids is 1. The van der Waals surface area contributed by atoms with E-state index >= 15 is 0 Å². The van der Waals surface area contributed by atoms with E-state index in [1.54, 1.807) is 0 Å². The van der Waals surface area contributed by atoms with Crippen molar-refractivity contribution < 1.29 is 4.79 Å². The van der Waals surface area contributed by atoms with Crippen molar-refractivity contribution in [3.05, 3.63) is 29.8 Å². The van der Waals surface area contributed by atoms with E-state index in [2.05, 4.69) is 47.9 Å². The Kier molecular flexibility index (Phi) is 4.29. The van der Waals surface area contributed by atoms with Crippen LogP contribution in [0.3, 0.4) is 0 Å². The minimum Gasteiger partial charge on any atom is -0.372 e. The summed E-state index contributed by atoms with van der Waals surface area (Å²) in [7, 11) is 0. The Morgan fingerprint density at radius 1 is 1.14 bits per heavy atom. The first-order valence-electron chi connectivity index (χ1n) is 8.32. The summed E-state index contributed by atoms with van der Waals surface area (Å²) in [6, 6.07) is 9.20. The van der Waals surface area contributed by atoms with E-state index in [9.17, 15) is 4.79 Å². The fourth-order valence-electron chi connectivity index (χ4n) is 4.17. The number of hydrogen-bond acceptors (Lipinski definition) is 3. The maximum absolute atomic E-state index is 11.6. The smallest absolute Gasteiger partial charge is 0.125 e. The van der Waals surface area contributed by atoms with Gasteiger partial charge in [-0.05, 0) is 63.4 Å². The first-order valence-corrected chi connectivity index (χ1v) is 8.32. The lowest BCUT2D eigenvalue weighted by Crippen LogP contribution is -2.50. The third-order valence-corrected chi connectivity index (χ3v) is 5.40. The van der Waals surface area contributed by atoms with Crippen LogP contribution in [-0.2, 0) is 4.79 Å². The number of benzene rings is 1. The standard InChI is InChI=1S/C18H26N2O/c1-3-19(4-2)16-7-5-15(6-8-16)18-17(13-21)14-9-11-20(18)12-10-14/h5-8,13-14,17-18H,3-4,9-12H2,1-2H3. The minimum atomic E-state index is 0.187. The number of nitrogens with zero attached hydrogens (tertiary/aromatic N) is 2. The second-order valence-corrected chi connectivity index (χ2v) is 6.30. The molecule has 21 heavy (non-hydrogen) atoms. The van der Waals surface area contributed by atoms with Crippen LogP contribution < -0.4 is 4.90 Å². The van der Waals surface area contributed by atoms with Crippen molar-refractivity contribution in [1.29, 1.82) is 0 Å². The Bertz CT molecular complexity index is 472. The SMILES string of the molecule is CCN(CC)c1ccc(C2C(C=O)C3CCN2CC3)cc1. The average Bonchev–Trinajstić information content (AvgIpc) is 2.57. The van der Waals surface area contributed by atoms with Crippen LogP contribution in [0.5, 0.6) is 0 Å². The molecule has 3 fully saturated rings. The highest BCUT2D eigenvalue weighted by molar-refractivity contribution is 5.58. The third-order valence-electron chi connectivity index (χ3n) is 5.40. The molecule has 3 aliphatic heterocycles. The van der Waals surface area contributed by atoms with Crippen molar-refractivity contribution in [1.82, 2.24) is 4.90 Å².